The SMILES string of the molecule is CC(=O)N[C@@H]1C(=O)N2C(C(=O)OCC(Cl)(Cl)Cl)=C(C)[C@@H](C(=O)OC(C)(C)C)S(=O)[C@H]12. The number of β-lactam (4-membered cyclic amide) rings is 1. The van der Waals surface area contributed by atoms with Crippen LogP contribution in [0.15, 0.2) is 11.3 Å². The zero-order valence-electron chi connectivity index (χ0n) is 16.8. The Bertz CT molecular complexity index is 847. The number of ether oxygens (including phenoxy) is 2. The minimum absolute atomic E-state index is 0.0165. The number of alkyl halides is 3. The van der Waals surface area contributed by atoms with Crippen LogP contribution in [0, 0.1) is 0 Å². The molecule has 0 aromatic rings. The Morgan fingerprint density at radius 3 is 2.23 bits per heavy atom. The lowest BCUT2D eigenvalue weighted by molar-refractivity contribution is -0.155. The third-order valence-electron chi connectivity index (χ3n) is 4.06. The van der Waals surface area contributed by atoms with Gasteiger partial charge in [0.1, 0.15) is 29.3 Å². The molecule has 2 amide bonds. The molecule has 1 fully saturated rings. The number of nitrogens with one attached hydrogen (secondary N) is 1. The minimum atomic E-state index is -2.01. The molecular formula is C17H21Cl3N2O7S. The number of hydrogen-bond acceptors (Lipinski definition) is 7. The molecule has 0 aromatic carbocycles. The van der Waals surface area contributed by atoms with E-state index < -0.39 is 67.2 Å². The van der Waals surface area contributed by atoms with Gasteiger partial charge in [0.15, 0.2) is 5.25 Å². The number of halogens is 3. The van der Waals surface area contributed by atoms with Crippen molar-refractivity contribution in [2.75, 3.05) is 6.61 Å². The average Bonchev–Trinajstić information content (AvgIpc) is 2.55. The van der Waals surface area contributed by atoms with E-state index in [1.165, 1.54) is 13.8 Å². The first kappa shape index (κ1) is 24.9. The van der Waals surface area contributed by atoms with E-state index in [0.717, 1.165) is 4.90 Å². The van der Waals surface area contributed by atoms with Crippen LogP contribution >= 0.6 is 34.8 Å². The summed E-state index contributed by atoms with van der Waals surface area (Å²) in [5.74, 6) is -3.09. The molecule has 0 radical (unpaired) electrons. The van der Waals surface area contributed by atoms with Gasteiger partial charge in [0, 0.05) is 6.92 Å². The number of carbonyl (C=O) groups is 4. The van der Waals surface area contributed by atoms with E-state index in [1.54, 1.807) is 20.8 Å². The Kier molecular flexibility index (Phi) is 7.18. The number of amides is 2. The molecule has 2 aliphatic rings. The standard InChI is InChI=1S/C17H21Cl3N2O7S/c1-7-10(14(25)28-6-17(18,19)20)22-12(24)9(21-8(2)23)13(22)30(27)11(7)15(26)29-16(3,4)5/h9,11,13H,6H2,1-5H3,(H,21,23)/t9-,11+,13-,30?/m1/s1. The van der Waals surface area contributed by atoms with Crippen molar-refractivity contribution < 1.29 is 32.9 Å². The molecule has 0 saturated carbocycles. The molecule has 0 bridgehead atoms. The largest absolute Gasteiger partial charge is 0.459 e. The lowest BCUT2D eigenvalue weighted by atomic mass is 10.0. The van der Waals surface area contributed by atoms with Crippen LogP contribution < -0.4 is 5.32 Å². The van der Waals surface area contributed by atoms with E-state index >= 15 is 0 Å². The van der Waals surface area contributed by atoms with E-state index in [9.17, 15) is 23.4 Å². The van der Waals surface area contributed by atoms with Crippen LogP contribution in [0.5, 0.6) is 0 Å². The Labute approximate surface area is 190 Å². The van der Waals surface area contributed by atoms with Crippen molar-refractivity contribution in [3.05, 3.63) is 11.3 Å². The molecule has 2 aliphatic heterocycles. The van der Waals surface area contributed by atoms with Gasteiger partial charge in [0.25, 0.3) is 5.91 Å². The molecule has 2 heterocycles. The highest BCUT2D eigenvalue weighted by Crippen LogP contribution is 2.39. The fourth-order valence-electron chi connectivity index (χ4n) is 3.02. The average molecular weight is 504 g/mol. The van der Waals surface area contributed by atoms with Gasteiger partial charge in [-0.15, -0.1) is 0 Å². The first-order chi connectivity index (χ1) is 13.5. The van der Waals surface area contributed by atoms with Crippen LogP contribution in [0.3, 0.4) is 0 Å². The van der Waals surface area contributed by atoms with Crippen LogP contribution in [0.2, 0.25) is 0 Å². The lowest BCUT2D eigenvalue weighted by Gasteiger charge is -2.50. The second-order valence-electron chi connectivity index (χ2n) is 7.74. The van der Waals surface area contributed by atoms with Crippen molar-refractivity contribution in [3.8, 4) is 0 Å². The van der Waals surface area contributed by atoms with Crippen molar-refractivity contribution >= 4 is 69.4 Å². The summed E-state index contributed by atoms with van der Waals surface area (Å²) in [5.41, 5.74) is -1.17. The zero-order valence-corrected chi connectivity index (χ0v) is 19.9. The van der Waals surface area contributed by atoms with E-state index in [-0.39, 0.29) is 11.3 Å². The van der Waals surface area contributed by atoms with Gasteiger partial charge in [-0.1, -0.05) is 34.8 Å². The maximum Gasteiger partial charge on any atom is 0.355 e. The van der Waals surface area contributed by atoms with Crippen molar-refractivity contribution in [1.82, 2.24) is 10.2 Å². The fourth-order valence-corrected chi connectivity index (χ4v) is 5.03. The molecule has 1 N–H and O–H groups in total. The predicted molar refractivity (Wildman–Crippen MR) is 110 cm³/mol. The molecule has 0 spiro atoms. The highest BCUT2D eigenvalue weighted by atomic mass is 35.6. The van der Waals surface area contributed by atoms with Crippen molar-refractivity contribution in [2.24, 2.45) is 0 Å². The second kappa shape index (κ2) is 8.64. The molecule has 0 aliphatic carbocycles. The lowest BCUT2D eigenvalue weighted by Crippen LogP contribution is -2.75. The highest BCUT2D eigenvalue weighted by molar-refractivity contribution is 7.87. The Morgan fingerprint density at radius 1 is 1.20 bits per heavy atom. The van der Waals surface area contributed by atoms with Gasteiger partial charge in [0.2, 0.25) is 9.70 Å². The summed E-state index contributed by atoms with van der Waals surface area (Å²) in [5, 5.41) is -0.127. The Hall–Kier alpha value is -1.36. The van der Waals surface area contributed by atoms with Gasteiger partial charge >= 0.3 is 11.9 Å². The van der Waals surface area contributed by atoms with E-state index in [2.05, 4.69) is 5.32 Å². The maximum atomic E-state index is 13.2. The molecule has 4 atom stereocenters. The van der Waals surface area contributed by atoms with E-state index in [1.807, 2.05) is 0 Å². The highest BCUT2D eigenvalue weighted by Gasteiger charge is 2.60. The Balaban J connectivity index is 2.48. The summed E-state index contributed by atoms with van der Waals surface area (Å²) < 4.78 is 21.6. The zero-order chi connectivity index (χ0) is 23.2. The molecule has 13 heteroatoms. The van der Waals surface area contributed by atoms with Gasteiger partial charge in [-0.05, 0) is 33.3 Å². The quantitative estimate of drug-likeness (QED) is 0.349. The predicted octanol–water partition coefficient (Wildman–Crippen LogP) is 1.32. The first-order valence-corrected chi connectivity index (χ1v) is 11.1. The number of carbonyl (C=O) groups excluding carboxylic acids is 4. The first-order valence-electron chi connectivity index (χ1n) is 8.72. The monoisotopic (exact) mass is 502 g/mol. The number of fused-ring (bicyclic) bond motifs is 1. The van der Waals surface area contributed by atoms with Gasteiger partial charge in [-0.3, -0.25) is 23.5 Å². The third-order valence-corrected chi connectivity index (χ3v) is 6.36. The summed E-state index contributed by atoms with van der Waals surface area (Å²) in [6.07, 6.45) is 0. The van der Waals surface area contributed by atoms with Crippen LogP contribution in [0.4, 0.5) is 0 Å². The van der Waals surface area contributed by atoms with E-state index in [0.29, 0.717) is 0 Å². The molecular weight excluding hydrogens is 483 g/mol. The number of esters is 2. The molecule has 2 rings (SSSR count). The summed E-state index contributed by atoms with van der Waals surface area (Å²) in [6, 6.07) is -1.17. The van der Waals surface area contributed by atoms with E-state index in [4.69, 9.17) is 44.3 Å². The topological polar surface area (TPSA) is 119 Å². The van der Waals surface area contributed by atoms with Crippen molar-refractivity contribution in [1.29, 1.82) is 0 Å². The molecule has 1 unspecified atom stereocenters. The maximum absolute atomic E-state index is 13.2. The second-order valence-corrected chi connectivity index (χ2v) is 11.9. The van der Waals surface area contributed by atoms with Gasteiger partial charge < -0.3 is 14.8 Å². The van der Waals surface area contributed by atoms with Crippen LogP contribution in [-0.2, 0) is 39.5 Å². The molecule has 30 heavy (non-hydrogen) atoms. The summed E-state index contributed by atoms with van der Waals surface area (Å²) in [7, 11) is -2.01. The molecule has 0 aromatic heterocycles. The van der Waals surface area contributed by atoms with Crippen LogP contribution in [0.25, 0.3) is 0 Å². The van der Waals surface area contributed by atoms with Crippen molar-refractivity contribution in [2.45, 2.75) is 60.7 Å². The molecule has 1 saturated heterocycles. The summed E-state index contributed by atoms with van der Waals surface area (Å²) in [4.78, 5) is 50.4. The number of hydrogen-bond donors (Lipinski definition) is 1. The van der Waals surface area contributed by atoms with Crippen molar-refractivity contribution in [3.63, 3.8) is 0 Å². The third kappa shape index (κ3) is 5.27. The molecule has 168 valence electrons. The molecule has 9 nitrogen and oxygen atoms in total. The van der Waals surface area contributed by atoms with Gasteiger partial charge in [-0.2, -0.15) is 0 Å². The summed E-state index contributed by atoms with van der Waals surface area (Å²) in [6.45, 7) is 6.83. The van der Waals surface area contributed by atoms with Gasteiger partial charge in [-0.25, -0.2) is 4.79 Å². The minimum Gasteiger partial charge on any atom is -0.459 e. The normalized spacial score (nSPS) is 26.5. The van der Waals surface area contributed by atoms with Gasteiger partial charge in [0.05, 0.1) is 10.8 Å². The smallest absolute Gasteiger partial charge is 0.355 e. The fraction of sp³-hybridized carbons (Fsp3) is 0.647. The van der Waals surface area contributed by atoms with Crippen LogP contribution in [0.1, 0.15) is 34.6 Å². The summed E-state index contributed by atoms with van der Waals surface area (Å²) >= 11 is 16.8. The number of nitrogens with zero attached hydrogens (tertiary/aromatic N) is 1. The number of rotatable bonds is 4. The Morgan fingerprint density at radius 2 is 1.77 bits per heavy atom. The van der Waals surface area contributed by atoms with Crippen LogP contribution in [-0.4, -0.2) is 65.5 Å².